The molecule has 0 N–H and O–H groups in total. The van der Waals surface area contributed by atoms with Crippen molar-refractivity contribution in [3.63, 3.8) is 0 Å². The minimum Gasteiger partial charge on any atom is -0.339 e. The first-order chi connectivity index (χ1) is 10.2. The van der Waals surface area contributed by atoms with Gasteiger partial charge in [0.05, 0.1) is 6.04 Å². The highest BCUT2D eigenvalue weighted by Crippen LogP contribution is 2.24. The molecule has 0 aliphatic carbocycles. The summed E-state index contributed by atoms with van der Waals surface area (Å²) in [5.74, 6) is 1.15. The molecule has 3 heterocycles. The third-order valence-electron chi connectivity index (χ3n) is 4.24. The molecular formula is C15H21N5O. The molecule has 0 aromatic carbocycles. The Morgan fingerprint density at radius 2 is 2.24 bits per heavy atom. The number of likely N-dealkylation sites (tertiary alicyclic amines) is 1. The molecule has 1 saturated heterocycles. The van der Waals surface area contributed by atoms with Crippen LogP contribution in [0.1, 0.15) is 37.7 Å². The maximum atomic E-state index is 12.6. The molecule has 112 valence electrons. The number of rotatable bonds is 3. The summed E-state index contributed by atoms with van der Waals surface area (Å²) in [6, 6.07) is 1.93. The number of hydrogen-bond acceptors (Lipinski definition) is 3. The summed E-state index contributed by atoms with van der Waals surface area (Å²) in [5.41, 5.74) is 0. The van der Waals surface area contributed by atoms with Gasteiger partial charge in [0.15, 0.2) is 0 Å². The van der Waals surface area contributed by atoms with Crippen LogP contribution in [-0.2, 0) is 4.79 Å². The Kier molecular flexibility index (Phi) is 3.77. The van der Waals surface area contributed by atoms with Gasteiger partial charge in [0.2, 0.25) is 5.91 Å². The summed E-state index contributed by atoms with van der Waals surface area (Å²) < 4.78 is 3.90. The van der Waals surface area contributed by atoms with Crippen molar-refractivity contribution >= 4 is 5.91 Å². The first-order valence-electron chi connectivity index (χ1n) is 7.44. The van der Waals surface area contributed by atoms with Crippen LogP contribution in [0.15, 0.2) is 30.9 Å². The zero-order valence-electron chi connectivity index (χ0n) is 12.5. The lowest BCUT2D eigenvalue weighted by Gasteiger charge is -2.35. The normalized spacial score (nSPS) is 20.5. The van der Waals surface area contributed by atoms with Crippen LogP contribution >= 0.6 is 0 Å². The topological polar surface area (TPSA) is 56.0 Å². The summed E-state index contributed by atoms with van der Waals surface area (Å²) in [6.45, 7) is 5.49. The molecule has 3 rings (SSSR count). The zero-order chi connectivity index (χ0) is 14.8. The van der Waals surface area contributed by atoms with Crippen LogP contribution in [0.3, 0.4) is 0 Å². The van der Waals surface area contributed by atoms with Crippen molar-refractivity contribution in [2.45, 2.75) is 38.8 Å². The molecule has 0 unspecified atom stereocenters. The van der Waals surface area contributed by atoms with Crippen LogP contribution in [0.25, 0.3) is 0 Å². The summed E-state index contributed by atoms with van der Waals surface area (Å²) in [5, 5.41) is 4.17. The molecule has 1 aliphatic heterocycles. The number of amides is 1. The van der Waals surface area contributed by atoms with E-state index >= 15 is 0 Å². The summed E-state index contributed by atoms with van der Waals surface area (Å²) in [6.07, 6.45) is 9.49. The molecule has 1 fully saturated rings. The molecule has 0 radical (unpaired) electrons. The molecule has 21 heavy (non-hydrogen) atoms. The maximum Gasteiger partial charge on any atom is 0.247 e. The largest absolute Gasteiger partial charge is 0.339 e. The van der Waals surface area contributed by atoms with Crippen LogP contribution < -0.4 is 0 Å². The van der Waals surface area contributed by atoms with E-state index in [0.717, 1.165) is 31.8 Å². The second-order valence-corrected chi connectivity index (χ2v) is 5.62. The molecular weight excluding hydrogens is 266 g/mol. The van der Waals surface area contributed by atoms with Crippen molar-refractivity contribution in [1.29, 1.82) is 0 Å². The van der Waals surface area contributed by atoms with Gasteiger partial charge in [-0.05, 0) is 32.8 Å². The minimum atomic E-state index is -0.248. The van der Waals surface area contributed by atoms with Gasteiger partial charge in [-0.15, -0.1) is 0 Å². The number of hydrogen-bond donors (Lipinski definition) is 0. The van der Waals surface area contributed by atoms with Gasteiger partial charge in [-0.25, -0.2) is 4.98 Å². The SMILES string of the molecule is Cc1nccn1[C@@H]1CCCN(C(=O)[C@H](C)n2cccn2)C1. The van der Waals surface area contributed by atoms with E-state index < -0.39 is 0 Å². The Hall–Kier alpha value is -2.11. The second-order valence-electron chi connectivity index (χ2n) is 5.62. The highest BCUT2D eigenvalue weighted by Gasteiger charge is 2.28. The molecule has 1 amide bonds. The maximum absolute atomic E-state index is 12.6. The average Bonchev–Trinajstić information content (AvgIpc) is 3.17. The van der Waals surface area contributed by atoms with E-state index in [-0.39, 0.29) is 11.9 Å². The number of imidazole rings is 1. The second kappa shape index (κ2) is 5.71. The van der Waals surface area contributed by atoms with Gasteiger partial charge in [-0.2, -0.15) is 5.10 Å². The van der Waals surface area contributed by atoms with E-state index in [9.17, 15) is 4.79 Å². The number of carbonyl (C=O) groups is 1. The van der Waals surface area contributed by atoms with E-state index in [1.165, 1.54) is 0 Å². The van der Waals surface area contributed by atoms with E-state index in [0.29, 0.717) is 6.04 Å². The lowest BCUT2D eigenvalue weighted by atomic mass is 10.0. The zero-order valence-corrected chi connectivity index (χ0v) is 12.5. The fraction of sp³-hybridized carbons (Fsp3) is 0.533. The van der Waals surface area contributed by atoms with Gasteiger partial charge in [-0.3, -0.25) is 9.48 Å². The van der Waals surface area contributed by atoms with Gasteiger partial charge in [0.1, 0.15) is 11.9 Å². The average molecular weight is 287 g/mol. The van der Waals surface area contributed by atoms with Crippen LogP contribution in [0.2, 0.25) is 0 Å². The van der Waals surface area contributed by atoms with Crippen LogP contribution in [0, 0.1) is 6.92 Å². The monoisotopic (exact) mass is 287 g/mol. The molecule has 6 nitrogen and oxygen atoms in total. The third-order valence-corrected chi connectivity index (χ3v) is 4.24. The standard InChI is InChI=1S/C15H21N5O/c1-12(20-9-4-6-17-20)15(21)18-8-3-5-14(11-18)19-10-7-16-13(19)2/h4,6-7,9-10,12,14H,3,5,8,11H2,1-2H3/t12-,14+/m0/s1. The number of piperidine rings is 1. The van der Waals surface area contributed by atoms with E-state index in [2.05, 4.69) is 14.6 Å². The van der Waals surface area contributed by atoms with E-state index in [4.69, 9.17) is 0 Å². The summed E-state index contributed by atoms with van der Waals surface area (Å²) in [4.78, 5) is 18.9. The highest BCUT2D eigenvalue weighted by atomic mass is 16.2. The summed E-state index contributed by atoms with van der Waals surface area (Å²) >= 11 is 0. The predicted octanol–water partition coefficient (Wildman–Crippen LogP) is 1.81. The first-order valence-corrected chi connectivity index (χ1v) is 7.44. The van der Waals surface area contributed by atoms with Gasteiger partial charge in [-0.1, -0.05) is 0 Å². The third kappa shape index (κ3) is 2.70. The van der Waals surface area contributed by atoms with E-state index in [1.807, 2.05) is 43.4 Å². The quantitative estimate of drug-likeness (QED) is 0.865. The van der Waals surface area contributed by atoms with Crippen molar-refractivity contribution in [3.05, 3.63) is 36.7 Å². The Morgan fingerprint density at radius 3 is 2.90 bits per heavy atom. The Balaban J connectivity index is 1.71. The molecule has 0 spiro atoms. The molecule has 2 aromatic heterocycles. The smallest absolute Gasteiger partial charge is 0.247 e. The van der Waals surface area contributed by atoms with Crippen LogP contribution in [-0.4, -0.2) is 43.2 Å². The van der Waals surface area contributed by atoms with Crippen molar-refractivity contribution in [2.24, 2.45) is 0 Å². The van der Waals surface area contributed by atoms with Crippen molar-refractivity contribution < 1.29 is 4.79 Å². The minimum absolute atomic E-state index is 0.140. The Morgan fingerprint density at radius 1 is 1.38 bits per heavy atom. The van der Waals surface area contributed by atoms with Gasteiger partial charge in [0.25, 0.3) is 0 Å². The highest BCUT2D eigenvalue weighted by molar-refractivity contribution is 5.80. The number of aromatic nitrogens is 4. The lowest BCUT2D eigenvalue weighted by Crippen LogP contribution is -2.43. The number of aryl methyl sites for hydroxylation is 1. The molecule has 6 heteroatoms. The first kappa shape index (κ1) is 13.9. The van der Waals surface area contributed by atoms with Gasteiger partial charge in [0, 0.05) is 37.9 Å². The molecule has 2 aromatic rings. The van der Waals surface area contributed by atoms with E-state index in [1.54, 1.807) is 10.9 Å². The number of carbonyl (C=O) groups excluding carboxylic acids is 1. The fourth-order valence-corrected chi connectivity index (χ4v) is 3.04. The summed E-state index contributed by atoms with van der Waals surface area (Å²) in [7, 11) is 0. The fourth-order valence-electron chi connectivity index (χ4n) is 3.04. The van der Waals surface area contributed by atoms with Crippen molar-refractivity contribution in [2.75, 3.05) is 13.1 Å². The Bertz CT molecular complexity index is 603. The Labute approximate surface area is 124 Å². The van der Waals surface area contributed by atoms with Crippen LogP contribution in [0.4, 0.5) is 0 Å². The van der Waals surface area contributed by atoms with Crippen molar-refractivity contribution in [3.8, 4) is 0 Å². The molecule has 0 saturated carbocycles. The molecule has 1 aliphatic rings. The van der Waals surface area contributed by atoms with Gasteiger partial charge < -0.3 is 9.47 Å². The van der Waals surface area contributed by atoms with Crippen LogP contribution in [0.5, 0.6) is 0 Å². The van der Waals surface area contributed by atoms with Crippen molar-refractivity contribution in [1.82, 2.24) is 24.2 Å². The molecule has 2 atom stereocenters. The molecule has 0 bridgehead atoms. The lowest BCUT2D eigenvalue weighted by molar-refractivity contribution is -0.136. The number of nitrogens with zero attached hydrogens (tertiary/aromatic N) is 5. The van der Waals surface area contributed by atoms with Gasteiger partial charge >= 0.3 is 0 Å². The predicted molar refractivity (Wildman–Crippen MR) is 78.8 cm³/mol.